The van der Waals surface area contributed by atoms with Crippen LogP contribution < -0.4 is 10.2 Å². The highest BCUT2D eigenvalue weighted by Crippen LogP contribution is 2.30. The molecule has 1 saturated carbocycles. The van der Waals surface area contributed by atoms with Crippen LogP contribution >= 0.6 is 0 Å². The Morgan fingerprint density at radius 2 is 1.87 bits per heavy atom. The van der Waals surface area contributed by atoms with Crippen molar-refractivity contribution in [1.29, 1.82) is 0 Å². The van der Waals surface area contributed by atoms with Gasteiger partial charge in [0.2, 0.25) is 0 Å². The molecule has 1 N–H and O–H groups in total. The highest BCUT2D eigenvalue weighted by Gasteiger charge is 2.37. The number of carbonyl (C=O) groups is 1. The number of ketones is 1. The van der Waals surface area contributed by atoms with Crippen LogP contribution in [0, 0.1) is 11.8 Å². The fourth-order valence-corrected chi connectivity index (χ4v) is 5.73. The van der Waals surface area contributed by atoms with Crippen LogP contribution in [0.15, 0.2) is 49.2 Å². The van der Waals surface area contributed by atoms with Gasteiger partial charge in [-0.2, -0.15) is 14.3 Å². The second-order valence-electron chi connectivity index (χ2n) is 9.47. The Morgan fingerprint density at radius 3 is 2.62 bits per heavy atom. The van der Waals surface area contributed by atoms with E-state index in [0.29, 0.717) is 67.5 Å². The van der Waals surface area contributed by atoms with Gasteiger partial charge in [0.25, 0.3) is 10.0 Å². The molecular formula is C26H25N9O3S. The van der Waals surface area contributed by atoms with Crippen molar-refractivity contribution < 1.29 is 13.2 Å². The molecule has 1 aliphatic carbocycles. The van der Waals surface area contributed by atoms with Gasteiger partial charge in [-0.05, 0) is 30.9 Å². The molecule has 1 aliphatic heterocycles. The summed E-state index contributed by atoms with van der Waals surface area (Å²) in [5, 5.41) is 11.2. The molecule has 4 aromatic heterocycles. The predicted molar refractivity (Wildman–Crippen MR) is 144 cm³/mol. The van der Waals surface area contributed by atoms with E-state index in [1.54, 1.807) is 23.1 Å². The third-order valence-corrected chi connectivity index (χ3v) is 8.55. The third-order valence-electron chi connectivity index (χ3n) is 6.52. The molecule has 0 bridgehead atoms. The molecule has 1 saturated heterocycles. The molecule has 0 atom stereocenters. The molecule has 5 heterocycles. The minimum Gasteiger partial charge on any atom is -0.369 e. The summed E-state index contributed by atoms with van der Waals surface area (Å²) < 4.78 is 27.7. The highest BCUT2D eigenvalue weighted by molar-refractivity contribution is 7.90. The van der Waals surface area contributed by atoms with Crippen LogP contribution in [0.5, 0.6) is 0 Å². The largest absolute Gasteiger partial charge is 0.369 e. The minimum absolute atomic E-state index is 0.251. The maximum Gasteiger partial charge on any atom is 0.256 e. The van der Waals surface area contributed by atoms with Crippen molar-refractivity contribution in [3.05, 3.63) is 60.4 Å². The van der Waals surface area contributed by atoms with Crippen molar-refractivity contribution in [2.75, 3.05) is 23.3 Å². The maximum atomic E-state index is 12.5. The molecule has 39 heavy (non-hydrogen) atoms. The standard InChI is InChI=1S/C26H25N9O3S/c1-33-11-7-20(32-33)3-2-18-15-28-25(14-23(18)34-12-8-21(36)9-13-34)30-24-6-10-27-26(31-24)19-16-29-35(17-19)39(37,38)22-4-5-22/h6-7,10-11,14-17,22H,4-5,8-9,12-13H2,1H3,(H,27,28,30,31). The van der Waals surface area contributed by atoms with Gasteiger partial charge in [-0.25, -0.2) is 23.4 Å². The topological polar surface area (TPSA) is 141 Å². The number of hydrogen-bond acceptors (Lipinski definition) is 10. The van der Waals surface area contributed by atoms with Gasteiger partial charge in [-0.3, -0.25) is 9.48 Å². The van der Waals surface area contributed by atoms with Crippen LogP contribution in [0.3, 0.4) is 0 Å². The number of rotatable bonds is 6. The third kappa shape index (κ3) is 5.37. The van der Waals surface area contributed by atoms with Crippen LogP contribution in [0.25, 0.3) is 11.4 Å². The van der Waals surface area contributed by atoms with Gasteiger partial charge in [0.05, 0.1) is 34.5 Å². The average Bonchev–Trinajstić information content (AvgIpc) is 3.53. The number of Topliss-reactive ketones (excluding diaryl/α,β-unsaturated/α-hetero) is 1. The molecular weight excluding hydrogens is 518 g/mol. The fourth-order valence-electron chi connectivity index (χ4n) is 4.26. The van der Waals surface area contributed by atoms with E-state index in [-0.39, 0.29) is 11.0 Å². The molecule has 0 amide bonds. The number of hydrogen-bond donors (Lipinski definition) is 1. The first-order chi connectivity index (χ1) is 18.8. The molecule has 6 rings (SSSR count). The molecule has 0 spiro atoms. The van der Waals surface area contributed by atoms with Crippen molar-refractivity contribution in [3.8, 4) is 23.2 Å². The van der Waals surface area contributed by atoms with E-state index in [0.717, 1.165) is 15.3 Å². The zero-order valence-corrected chi connectivity index (χ0v) is 22.0. The lowest BCUT2D eigenvalue weighted by atomic mass is 10.1. The van der Waals surface area contributed by atoms with Gasteiger partial charge in [-0.1, -0.05) is 5.92 Å². The molecule has 2 fully saturated rings. The van der Waals surface area contributed by atoms with E-state index in [4.69, 9.17) is 0 Å². The summed E-state index contributed by atoms with van der Waals surface area (Å²) in [7, 11) is -1.64. The number of nitrogens with zero attached hydrogens (tertiary/aromatic N) is 8. The highest BCUT2D eigenvalue weighted by atomic mass is 32.2. The average molecular weight is 544 g/mol. The maximum absolute atomic E-state index is 12.5. The number of aromatic nitrogens is 7. The molecule has 0 radical (unpaired) electrons. The SMILES string of the molecule is Cn1ccc(C#Cc2cnc(Nc3ccnc(-c4cnn(S(=O)(=O)C5CC5)c4)n3)cc2N2CCC(=O)CC2)n1. The molecule has 198 valence electrons. The zero-order chi connectivity index (χ0) is 27.0. The van der Waals surface area contributed by atoms with Crippen molar-refractivity contribution >= 4 is 33.1 Å². The van der Waals surface area contributed by atoms with Crippen LogP contribution in [-0.4, -0.2) is 66.5 Å². The first-order valence-corrected chi connectivity index (χ1v) is 14.0. The van der Waals surface area contributed by atoms with Crippen molar-refractivity contribution in [1.82, 2.24) is 33.9 Å². The molecule has 0 aromatic carbocycles. The van der Waals surface area contributed by atoms with Gasteiger partial charge in [-0.15, -0.1) is 0 Å². The summed E-state index contributed by atoms with van der Waals surface area (Å²) in [6.45, 7) is 1.21. The Hall–Kier alpha value is -4.57. The monoisotopic (exact) mass is 543 g/mol. The first kappa shape index (κ1) is 24.7. The summed E-state index contributed by atoms with van der Waals surface area (Å²) in [5.41, 5.74) is 2.74. The van der Waals surface area contributed by atoms with Crippen molar-refractivity contribution in [2.24, 2.45) is 7.05 Å². The Morgan fingerprint density at radius 1 is 1.05 bits per heavy atom. The summed E-state index contributed by atoms with van der Waals surface area (Å²) in [6, 6.07) is 5.43. The van der Waals surface area contributed by atoms with Crippen LogP contribution in [-0.2, 0) is 21.9 Å². The van der Waals surface area contributed by atoms with Gasteiger partial charge >= 0.3 is 0 Å². The summed E-state index contributed by atoms with van der Waals surface area (Å²) in [5.74, 6) is 7.87. The van der Waals surface area contributed by atoms with E-state index < -0.39 is 10.0 Å². The van der Waals surface area contributed by atoms with E-state index in [1.807, 2.05) is 25.4 Å². The van der Waals surface area contributed by atoms with E-state index in [2.05, 4.69) is 47.2 Å². The Balaban J connectivity index is 1.27. The summed E-state index contributed by atoms with van der Waals surface area (Å²) >= 11 is 0. The lowest BCUT2D eigenvalue weighted by molar-refractivity contribution is -0.119. The first-order valence-electron chi connectivity index (χ1n) is 12.5. The molecule has 12 nitrogen and oxygen atoms in total. The second-order valence-corrected chi connectivity index (χ2v) is 11.5. The van der Waals surface area contributed by atoms with E-state index in [9.17, 15) is 13.2 Å². The number of anilines is 3. The van der Waals surface area contributed by atoms with Gasteiger partial charge in [0, 0.05) is 57.6 Å². The van der Waals surface area contributed by atoms with Gasteiger partial charge < -0.3 is 10.2 Å². The molecule has 13 heteroatoms. The smallest absolute Gasteiger partial charge is 0.256 e. The summed E-state index contributed by atoms with van der Waals surface area (Å²) in [6.07, 6.45) is 10.3. The zero-order valence-electron chi connectivity index (χ0n) is 21.1. The summed E-state index contributed by atoms with van der Waals surface area (Å²) in [4.78, 5) is 27.3. The van der Waals surface area contributed by atoms with E-state index >= 15 is 0 Å². The quantitative estimate of drug-likeness (QED) is 0.360. The Bertz CT molecular complexity index is 1720. The molecule has 4 aromatic rings. The molecule has 0 unspecified atom stereocenters. The number of aryl methyl sites for hydroxylation is 1. The van der Waals surface area contributed by atoms with Crippen LogP contribution in [0.4, 0.5) is 17.3 Å². The number of pyridine rings is 1. The van der Waals surface area contributed by atoms with Crippen LogP contribution in [0.1, 0.15) is 36.9 Å². The van der Waals surface area contributed by atoms with Gasteiger partial charge in [0.1, 0.15) is 23.1 Å². The normalized spacial score (nSPS) is 15.6. The Labute approximate surface area is 225 Å². The van der Waals surface area contributed by atoms with Crippen molar-refractivity contribution in [2.45, 2.75) is 30.9 Å². The predicted octanol–water partition coefficient (Wildman–Crippen LogP) is 2.12. The number of piperidine rings is 1. The van der Waals surface area contributed by atoms with E-state index in [1.165, 1.54) is 12.4 Å². The van der Waals surface area contributed by atoms with Crippen LogP contribution in [0.2, 0.25) is 0 Å². The lowest BCUT2D eigenvalue weighted by Crippen LogP contribution is -2.34. The lowest BCUT2D eigenvalue weighted by Gasteiger charge is -2.29. The minimum atomic E-state index is -3.47. The Kier molecular flexibility index (Phi) is 6.32. The number of carbonyl (C=O) groups excluding carboxylic acids is 1. The fraction of sp³-hybridized carbons (Fsp3) is 0.308. The number of nitrogens with one attached hydrogen (secondary N) is 1. The molecule has 2 aliphatic rings. The van der Waals surface area contributed by atoms with Crippen molar-refractivity contribution in [3.63, 3.8) is 0 Å². The van der Waals surface area contributed by atoms with Gasteiger partial charge in [0.15, 0.2) is 5.82 Å². The second kappa shape index (κ2) is 9.95.